The number of phenolic OH excluding ortho intramolecular Hbond substituents is 1. The van der Waals surface area contributed by atoms with Gasteiger partial charge in [0, 0.05) is 63.4 Å². The molecule has 0 aliphatic carbocycles. The molecule has 3 atom stereocenters. The van der Waals surface area contributed by atoms with E-state index in [1.54, 1.807) is 24.1 Å². The van der Waals surface area contributed by atoms with E-state index in [2.05, 4.69) is 37.7 Å². The molecular formula is C40H52N8O8. The molecule has 56 heavy (non-hydrogen) atoms. The molecule has 2 amide bonds. The Balaban J connectivity index is 0.000000392. The fraction of sp³-hybridized carbons (Fsp3) is 0.500. The van der Waals surface area contributed by atoms with Crippen molar-refractivity contribution in [3.05, 3.63) is 60.8 Å². The minimum absolute atomic E-state index is 0.0147. The van der Waals surface area contributed by atoms with Gasteiger partial charge in [0.2, 0.25) is 5.91 Å². The molecule has 3 aliphatic rings. The molecule has 0 radical (unpaired) electrons. The van der Waals surface area contributed by atoms with Crippen molar-refractivity contribution in [3.63, 3.8) is 0 Å². The highest BCUT2D eigenvalue weighted by Gasteiger charge is 2.32. The maximum absolute atomic E-state index is 13.6. The number of ether oxygens (including phenoxy) is 3. The molecule has 0 unspecified atom stereocenters. The van der Waals surface area contributed by atoms with Gasteiger partial charge < -0.3 is 39.5 Å². The van der Waals surface area contributed by atoms with Crippen molar-refractivity contribution in [2.45, 2.75) is 50.2 Å². The molecule has 4 heterocycles. The first-order valence-corrected chi connectivity index (χ1v) is 18.9. The number of aromatic nitrogens is 2. The van der Waals surface area contributed by atoms with Crippen LogP contribution in [-0.4, -0.2) is 151 Å². The molecule has 3 saturated heterocycles. The normalized spacial score (nSPS) is 19.9. The first kappa shape index (κ1) is 41.8. The molecular weight excluding hydrogens is 720 g/mol. The smallest absolute Gasteiger partial charge is 0.323 e. The molecule has 16 nitrogen and oxygen atoms in total. The molecule has 6 rings (SSSR count). The first-order chi connectivity index (χ1) is 27.2. The second-order valence-electron chi connectivity index (χ2n) is 13.8. The number of piperazine rings is 1. The Bertz CT molecular complexity index is 1870. The summed E-state index contributed by atoms with van der Waals surface area (Å²) < 4.78 is 15.8. The van der Waals surface area contributed by atoms with Crippen molar-refractivity contribution < 1.29 is 38.8 Å². The predicted molar refractivity (Wildman–Crippen MR) is 209 cm³/mol. The number of aromatic hydroxyl groups is 1. The van der Waals surface area contributed by atoms with E-state index in [1.807, 2.05) is 29.2 Å². The average Bonchev–Trinajstić information content (AvgIpc) is 3.88. The summed E-state index contributed by atoms with van der Waals surface area (Å²) in [6.45, 7) is 8.91. The Labute approximate surface area is 327 Å². The van der Waals surface area contributed by atoms with Crippen molar-refractivity contribution in [3.8, 4) is 17.8 Å². The average molecular weight is 773 g/mol. The van der Waals surface area contributed by atoms with E-state index in [-0.39, 0.29) is 60.5 Å². The third-order valence-electron chi connectivity index (χ3n) is 10.3. The number of carbonyl (C=O) groups is 3. The quantitative estimate of drug-likeness (QED) is 0.160. The van der Waals surface area contributed by atoms with Crippen molar-refractivity contribution in [2.75, 3.05) is 90.1 Å². The van der Waals surface area contributed by atoms with Gasteiger partial charge in [-0.3, -0.25) is 24.2 Å². The number of anilines is 2. The van der Waals surface area contributed by atoms with Crippen LogP contribution in [0.1, 0.15) is 42.6 Å². The largest absolute Gasteiger partial charge is 0.508 e. The first-order valence-electron chi connectivity index (χ1n) is 18.9. The lowest BCUT2D eigenvalue weighted by molar-refractivity contribution is -0.146. The number of β-amino-alcohol motifs (C(OH)–C–C–N with tert-alkyl or cyclic N) is 1. The molecule has 16 heteroatoms. The highest BCUT2D eigenvalue weighted by molar-refractivity contribution is 6.09. The van der Waals surface area contributed by atoms with Crippen LogP contribution in [0.5, 0.6) is 11.8 Å². The third-order valence-corrected chi connectivity index (χ3v) is 10.3. The number of fused-ring (bicyclic) bond motifs is 1. The van der Waals surface area contributed by atoms with E-state index in [4.69, 9.17) is 14.2 Å². The van der Waals surface area contributed by atoms with Crippen LogP contribution in [0.25, 0.3) is 10.8 Å². The van der Waals surface area contributed by atoms with Crippen molar-refractivity contribution in [2.24, 2.45) is 0 Å². The minimum atomic E-state index is -0.513. The monoisotopic (exact) mass is 772 g/mol. The fourth-order valence-corrected chi connectivity index (χ4v) is 7.47. The van der Waals surface area contributed by atoms with E-state index in [1.165, 1.54) is 19.3 Å². The minimum Gasteiger partial charge on any atom is -0.508 e. The van der Waals surface area contributed by atoms with Crippen LogP contribution in [0.4, 0.5) is 11.5 Å². The molecule has 0 spiro atoms. The predicted octanol–water partition coefficient (Wildman–Crippen LogP) is 2.81. The number of likely N-dealkylation sites (tertiary alicyclic amines) is 2. The van der Waals surface area contributed by atoms with E-state index in [0.717, 1.165) is 56.1 Å². The number of rotatable bonds is 14. The Kier molecular flexibility index (Phi) is 15.3. The second-order valence-corrected chi connectivity index (χ2v) is 13.8. The zero-order chi connectivity index (χ0) is 40.0. The number of esters is 1. The lowest BCUT2D eigenvalue weighted by Crippen LogP contribution is -2.55. The van der Waals surface area contributed by atoms with Crippen LogP contribution in [0.2, 0.25) is 0 Å². The van der Waals surface area contributed by atoms with Crippen molar-refractivity contribution in [1.29, 1.82) is 5.26 Å². The molecule has 3 fully saturated rings. The zero-order valence-electron chi connectivity index (χ0n) is 32.1. The summed E-state index contributed by atoms with van der Waals surface area (Å²) >= 11 is 0. The number of hydrogen-bond donors (Lipinski definition) is 3. The maximum Gasteiger partial charge on any atom is 0.323 e. The third kappa shape index (κ3) is 10.7. The lowest BCUT2D eigenvalue weighted by atomic mass is 10.1. The number of nitrogens with one attached hydrogen (secondary N) is 1. The fourth-order valence-electron chi connectivity index (χ4n) is 7.47. The molecule has 1 aromatic heterocycles. The summed E-state index contributed by atoms with van der Waals surface area (Å²) in [6.07, 6.45) is 5.26. The number of benzene rings is 2. The Morgan fingerprint density at radius 2 is 1.80 bits per heavy atom. The van der Waals surface area contributed by atoms with Crippen LogP contribution >= 0.6 is 0 Å². The SMILES string of the molecule is C=CC(=O)N1CCN(c2cc(C(=O)Nc3cc(O)cc4ccccc34)nc(OC[C@@H]3CCCN3CCO)n2)C[C@@H]1CC#N.COCCN1CCC[C@H]1C(=O)OC. The number of hydrogen-bond acceptors (Lipinski definition) is 14. The van der Waals surface area contributed by atoms with Gasteiger partial charge in [-0.05, 0) is 56.3 Å². The standard InChI is InChI=1S/C31H35N7O5.C9H17NO3/c1-2-29(41)38-13-12-37(19-22(38)9-10-32)28-18-27(34-31(35-28)43-20-23-7-5-11-36(23)14-15-39)30(42)33-26-17-24(40)16-21-6-3-4-8-25(21)26;1-12-7-6-10-5-3-4-8(10)9(11)13-2/h2-4,6,8,16-18,22-23,39-40H,1,5,7,9,11-15,19-20H2,(H,33,42);8H,3-7H2,1-2H3/t22-,23-;8-/m00/s1. The molecule has 2 aromatic carbocycles. The summed E-state index contributed by atoms with van der Waals surface area (Å²) in [6, 6.07) is 13.9. The summed E-state index contributed by atoms with van der Waals surface area (Å²) in [5.41, 5.74) is 0.493. The van der Waals surface area contributed by atoms with Crippen molar-refractivity contribution in [1.82, 2.24) is 24.7 Å². The van der Waals surface area contributed by atoms with Crippen LogP contribution in [0, 0.1) is 11.3 Å². The number of nitrogens with zero attached hydrogens (tertiary/aromatic N) is 7. The number of aliphatic hydroxyl groups is 1. The maximum atomic E-state index is 13.6. The second kappa shape index (κ2) is 20.5. The van der Waals surface area contributed by atoms with Gasteiger partial charge in [-0.1, -0.05) is 30.8 Å². The Morgan fingerprint density at radius 3 is 2.55 bits per heavy atom. The lowest BCUT2D eigenvalue weighted by Gasteiger charge is -2.40. The molecule has 0 bridgehead atoms. The van der Waals surface area contributed by atoms with Crippen LogP contribution in [0.15, 0.2) is 55.1 Å². The highest BCUT2D eigenvalue weighted by Crippen LogP contribution is 2.30. The molecule has 3 aliphatic heterocycles. The topological polar surface area (TPSA) is 194 Å². The summed E-state index contributed by atoms with van der Waals surface area (Å²) in [5.74, 6) is -0.423. The summed E-state index contributed by atoms with van der Waals surface area (Å²) in [4.78, 5) is 54.2. The van der Waals surface area contributed by atoms with Gasteiger partial charge in [0.1, 0.15) is 29.9 Å². The highest BCUT2D eigenvalue weighted by atomic mass is 16.5. The number of amides is 2. The zero-order valence-corrected chi connectivity index (χ0v) is 32.1. The van der Waals surface area contributed by atoms with E-state index in [0.29, 0.717) is 50.9 Å². The number of carbonyl (C=O) groups excluding carboxylic acids is 3. The van der Waals surface area contributed by atoms with Crippen LogP contribution in [0.3, 0.4) is 0 Å². The number of methoxy groups -OCH3 is 2. The van der Waals surface area contributed by atoms with E-state index >= 15 is 0 Å². The molecule has 300 valence electrons. The van der Waals surface area contributed by atoms with E-state index < -0.39 is 5.91 Å². The number of phenols is 1. The van der Waals surface area contributed by atoms with Crippen LogP contribution in [-0.2, 0) is 19.1 Å². The van der Waals surface area contributed by atoms with Gasteiger partial charge in [0.05, 0.1) is 44.5 Å². The molecule has 3 aromatic rings. The number of aliphatic hydroxyl groups excluding tert-OH is 1. The van der Waals surface area contributed by atoms with Gasteiger partial charge in [-0.15, -0.1) is 0 Å². The van der Waals surface area contributed by atoms with Gasteiger partial charge in [-0.25, -0.2) is 0 Å². The van der Waals surface area contributed by atoms with Gasteiger partial charge in [0.15, 0.2) is 0 Å². The van der Waals surface area contributed by atoms with Gasteiger partial charge >= 0.3 is 12.0 Å². The summed E-state index contributed by atoms with van der Waals surface area (Å²) in [7, 11) is 3.11. The Hall–Kier alpha value is -5.34. The van der Waals surface area contributed by atoms with Crippen molar-refractivity contribution >= 4 is 40.1 Å². The molecule has 3 N–H and O–H groups in total. The summed E-state index contributed by atoms with van der Waals surface area (Å²) in [5, 5.41) is 33.5. The van der Waals surface area contributed by atoms with Gasteiger partial charge in [0.25, 0.3) is 5.91 Å². The van der Waals surface area contributed by atoms with E-state index in [9.17, 15) is 29.9 Å². The van der Waals surface area contributed by atoms with Crippen LogP contribution < -0.4 is 15.0 Å². The number of nitriles is 1. The molecule has 0 saturated carbocycles. The Morgan fingerprint density at radius 1 is 1.02 bits per heavy atom. The van der Waals surface area contributed by atoms with Gasteiger partial charge in [-0.2, -0.15) is 15.2 Å².